The fourth-order valence-electron chi connectivity index (χ4n) is 2.95. The number of hydrogen-bond acceptors (Lipinski definition) is 4. The van der Waals surface area contributed by atoms with Crippen molar-refractivity contribution in [1.82, 2.24) is 5.32 Å². The van der Waals surface area contributed by atoms with E-state index >= 15 is 0 Å². The Kier molecular flexibility index (Phi) is 7.09. The van der Waals surface area contributed by atoms with Crippen molar-refractivity contribution >= 4 is 17.5 Å². The molecule has 6 heteroatoms. The van der Waals surface area contributed by atoms with E-state index in [0.29, 0.717) is 18.1 Å². The number of aliphatic hydroxyl groups excluding tert-OH is 1. The van der Waals surface area contributed by atoms with Gasteiger partial charge in [-0.1, -0.05) is 23.7 Å². The first-order chi connectivity index (χ1) is 11.6. The Morgan fingerprint density at radius 2 is 2.08 bits per heavy atom. The molecule has 2 N–H and O–H groups in total. The second kappa shape index (κ2) is 9.06. The molecular weight excluding hydrogens is 330 g/mol. The van der Waals surface area contributed by atoms with Crippen LogP contribution in [-0.4, -0.2) is 37.6 Å². The highest BCUT2D eigenvalue weighted by Crippen LogP contribution is 2.39. The molecule has 0 saturated carbocycles. The summed E-state index contributed by atoms with van der Waals surface area (Å²) in [5, 5.41) is 12.5. The third-order valence-corrected chi connectivity index (χ3v) is 4.37. The molecule has 0 spiro atoms. The van der Waals surface area contributed by atoms with Crippen molar-refractivity contribution in [1.29, 1.82) is 0 Å². The van der Waals surface area contributed by atoms with Crippen LogP contribution in [0, 0.1) is 5.92 Å². The number of carbonyl (C=O) groups is 1. The molecule has 2 rings (SSSR count). The van der Waals surface area contributed by atoms with E-state index in [1.165, 1.54) is 0 Å². The van der Waals surface area contributed by atoms with Crippen LogP contribution in [0.5, 0.6) is 0 Å². The summed E-state index contributed by atoms with van der Waals surface area (Å²) < 4.78 is 11.5. The number of amides is 1. The summed E-state index contributed by atoms with van der Waals surface area (Å²) in [5.74, 6) is -0.0616. The summed E-state index contributed by atoms with van der Waals surface area (Å²) in [4.78, 5) is 12.0. The van der Waals surface area contributed by atoms with E-state index in [4.69, 9.17) is 21.1 Å². The Hall–Kier alpha value is -1.56. The summed E-state index contributed by atoms with van der Waals surface area (Å²) in [5.41, 5.74) is 1.04. The van der Waals surface area contributed by atoms with Crippen molar-refractivity contribution in [3.63, 3.8) is 0 Å². The van der Waals surface area contributed by atoms with Crippen LogP contribution in [0.2, 0.25) is 5.02 Å². The highest BCUT2D eigenvalue weighted by molar-refractivity contribution is 6.30. The van der Waals surface area contributed by atoms with Crippen LogP contribution >= 0.6 is 11.6 Å². The fourth-order valence-corrected chi connectivity index (χ4v) is 3.08. The number of allylic oxidation sites excluding steroid dienone is 1. The van der Waals surface area contributed by atoms with Gasteiger partial charge in [-0.3, -0.25) is 4.79 Å². The van der Waals surface area contributed by atoms with Crippen molar-refractivity contribution in [3.05, 3.63) is 46.7 Å². The molecule has 0 aromatic heterocycles. The van der Waals surface area contributed by atoms with Crippen LogP contribution in [0.4, 0.5) is 0 Å². The highest BCUT2D eigenvalue weighted by atomic mass is 35.5. The Labute approximate surface area is 147 Å². The van der Waals surface area contributed by atoms with Gasteiger partial charge >= 0.3 is 0 Å². The Bertz CT molecular complexity index is 573. The maximum absolute atomic E-state index is 12.0. The Balaban J connectivity index is 2.39. The van der Waals surface area contributed by atoms with E-state index in [9.17, 15) is 9.90 Å². The predicted octanol–water partition coefficient (Wildman–Crippen LogP) is 2.84. The smallest absolute Gasteiger partial charge is 0.285 e. The lowest BCUT2D eigenvalue weighted by Gasteiger charge is -2.37. The van der Waals surface area contributed by atoms with Crippen LogP contribution in [0.15, 0.2) is 36.1 Å². The first-order valence-corrected chi connectivity index (χ1v) is 8.57. The van der Waals surface area contributed by atoms with E-state index in [-0.39, 0.29) is 30.1 Å². The lowest BCUT2D eigenvalue weighted by atomic mass is 9.80. The number of halogens is 1. The second-order valence-electron chi connectivity index (χ2n) is 5.66. The number of likely N-dealkylation sites (N-methyl/N-ethyl adjacent to an activating group) is 1. The molecule has 1 aliphatic heterocycles. The molecular formula is C18H24ClNO4. The van der Waals surface area contributed by atoms with Crippen molar-refractivity contribution < 1.29 is 19.4 Å². The van der Waals surface area contributed by atoms with E-state index in [0.717, 1.165) is 12.0 Å². The Morgan fingerprint density at radius 3 is 2.67 bits per heavy atom. The molecule has 0 bridgehead atoms. The first-order valence-electron chi connectivity index (χ1n) is 8.19. The summed E-state index contributed by atoms with van der Waals surface area (Å²) in [7, 11) is 1.57. The quantitative estimate of drug-likeness (QED) is 0.791. The number of benzene rings is 1. The van der Waals surface area contributed by atoms with Crippen LogP contribution in [0.3, 0.4) is 0 Å². The van der Waals surface area contributed by atoms with Crippen LogP contribution in [0.1, 0.15) is 31.2 Å². The first kappa shape index (κ1) is 18.8. The summed E-state index contributed by atoms with van der Waals surface area (Å²) >= 11 is 5.99. The van der Waals surface area contributed by atoms with E-state index in [1.807, 2.05) is 37.3 Å². The maximum atomic E-state index is 12.0. The topological polar surface area (TPSA) is 67.8 Å². The molecule has 0 unspecified atom stereocenters. The van der Waals surface area contributed by atoms with Gasteiger partial charge in [-0.05, 0) is 43.5 Å². The van der Waals surface area contributed by atoms with Gasteiger partial charge in [0, 0.05) is 37.1 Å². The number of aliphatic hydroxyl groups is 1. The maximum Gasteiger partial charge on any atom is 0.285 e. The largest absolute Gasteiger partial charge is 0.459 e. The van der Waals surface area contributed by atoms with Gasteiger partial charge in [0.15, 0.2) is 5.76 Å². The molecule has 1 amide bonds. The van der Waals surface area contributed by atoms with Crippen LogP contribution in [-0.2, 0) is 14.3 Å². The predicted molar refractivity (Wildman–Crippen MR) is 92.7 cm³/mol. The molecule has 0 radical (unpaired) electrons. The number of carbonyl (C=O) groups excluding carboxylic acids is 1. The van der Waals surface area contributed by atoms with Crippen molar-refractivity contribution in [2.45, 2.75) is 32.0 Å². The minimum Gasteiger partial charge on any atom is -0.459 e. The summed E-state index contributed by atoms with van der Waals surface area (Å²) in [6, 6.07) is 7.56. The van der Waals surface area contributed by atoms with E-state index < -0.39 is 6.29 Å². The minimum absolute atomic E-state index is 0.00619. The average molecular weight is 354 g/mol. The molecule has 24 heavy (non-hydrogen) atoms. The van der Waals surface area contributed by atoms with Gasteiger partial charge in [0.1, 0.15) is 0 Å². The van der Waals surface area contributed by atoms with E-state index in [2.05, 4.69) is 5.32 Å². The van der Waals surface area contributed by atoms with Crippen molar-refractivity contribution in [2.24, 2.45) is 5.92 Å². The average Bonchev–Trinajstić information content (AvgIpc) is 2.60. The number of nitrogens with one attached hydrogen (secondary N) is 1. The molecule has 132 valence electrons. The third-order valence-electron chi connectivity index (χ3n) is 4.12. The lowest BCUT2D eigenvalue weighted by molar-refractivity contribution is -0.166. The second-order valence-corrected chi connectivity index (χ2v) is 6.10. The molecule has 0 fully saturated rings. The van der Waals surface area contributed by atoms with Gasteiger partial charge in [0.05, 0.1) is 0 Å². The summed E-state index contributed by atoms with van der Waals surface area (Å²) in [6.07, 6.45) is 2.68. The van der Waals surface area contributed by atoms with Crippen LogP contribution < -0.4 is 5.32 Å². The van der Waals surface area contributed by atoms with Crippen LogP contribution in [0.25, 0.3) is 0 Å². The van der Waals surface area contributed by atoms with Gasteiger partial charge in [0.2, 0.25) is 6.29 Å². The zero-order chi connectivity index (χ0) is 17.5. The molecule has 0 saturated heterocycles. The molecule has 0 aliphatic carbocycles. The number of rotatable bonds is 7. The normalized spacial score (nSPS) is 23.3. The molecule has 3 atom stereocenters. The zero-order valence-electron chi connectivity index (χ0n) is 14.0. The zero-order valence-corrected chi connectivity index (χ0v) is 14.8. The lowest BCUT2D eigenvalue weighted by Crippen LogP contribution is -2.38. The van der Waals surface area contributed by atoms with Gasteiger partial charge in [-0.25, -0.2) is 0 Å². The van der Waals surface area contributed by atoms with E-state index in [1.54, 1.807) is 7.05 Å². The van der Waals surface area contributed by atoms with Crippen molar-refractivity contribution in [3.8, 4) is 0 Å². The number of ether oxygens (including phenoxy) is 2. The molecule has 1 aromatic rings. The molecule has 1 aliphatic rings. The van der Waals surface area contributed by atoms with Crippen molar-refractivity contribution in [2.75, 3.05) is 20.3 Å². The molecule has 1 aromatic carbocycles. The van der Waals surface area contributed by atoms with Gasteiger partial charge in [-0.15, -0.1) is 0 Å². The monoisotopic (exact) mass is 353 g/mol. The minimum atomic E-state index is -0.528. The highest BCUT2D eigenvalue weighted by Gasteiger charge is 2.37. The van der Waals surface area contributed by atoms with Gasteiger partial charge < -0.3 is 19.9 Å². The standard InChI is InChI=1S/C18H24ClNO4/c1-3-23-18-14(5-4-10-21)15(11-16(24-18)17(22)20-2)12-6-8-13(19)9-7-12/h6-9,11,14-15,18,21H,3-5,10H2,1-2H3,(H,20,22)/t14-,15+,18+/m0/s1. The SMILES string of the molecule is CCO[C@@H]1OC(C(=O)NC)=C[C@H](c2ccc(Cl)cc2)[C@@H]1CCCO. The van der Waals surface area contributed by atoms with Gasteiger partial charge in [0.25, 0.3) is 5.91 Å². The molecule has 1 heterocycles. The Morgan fingerprint density at radius 1 is 1.38 bits per heavy atom. The number of hydrogen-bond donors (Lipinski definition) is 2. The third kappa shape index (κ3) is 4.50. The fraction of sp³-hybridized carbons (Fsp3) is 0.500. The van der Waals surface area contributed by atoms with Gasteiger partial charge in [-0.2, -0.15) is 0 Å². The molecule has 5 nitrogen and oxygen atoms in total. The summed E-state index contributed by atoms with van der Waals surface area (Å²) in [6.45, 7) is 2.48.